The van der Waals surface area contributed by atoms with Crippen molar-refractivity contribution in [3.8, 4) is 11.3 Å². The maximum atomic E-state index is 11.0. The Morgan fingerprint density at radius 3 is 2.38 bits per heavy atom. The minimum Gasteiger partial charge on any atom is -0.268 e. The van der Waals surface area contributed by atoms with Crippen molar-refractivity contribution in [2.75, 3.05) is 0 Å². The lowest BCUT2D eigenvalue weighted by molar-refractivity contribution is 0.667. The third kappa shape index (κ3) is 4.32. The molecular weight excluding hydrogens is 307 g/mol. The first-order chi connectivity index (χ1) is 10.1. The number of nitrogens with zero attached hydrogens (tertiary/aromatic N) is 1. The molecule has 1 N–H and O–H groups in total. The fraction of sp³-hybridized carbons (Fsp3) is 0.375. The molecular formula is C16H18Cl2N2O. The lowest BCUT2D eigenvalue weighted by atomic mass is 10.0. The van der Waals surface area contributed by atoms with E-state index in [1.807, 2.05) is 12.1 Å². The van der Waals surface area contributed by atoms with Gasteiger partial charge in [0.25, 0.3) is 5.56 Å². The monoisotopic (exact) mass is 324 g/mol. The standard InChI is InChI=1S/C16H18Cl2N2O/c1-2-3-4-5-6-12-13(17)9-11(10-14(12)18)15-7-8-16(21)20-19-15/h7-10H,2-6H2,1H3,(H,20,21). The highest BCUT2D eigenvalue weighted by Gasteiger charge is 2.10. The van der Waals surface area contributed by atoms with Gasteiger partial charge >= 0.3 is 0 Å². The van der Waals surface area contributed by atoms with Crippen molar-refractivity contribution in [3.05, 3.63) is 50.2 Å². The van der Waals surface area contributed by atoms with E-state index in [1.165, 1.54) is 25.3 Å². The summed E-state index contributed by atoms with van der Waals surface area (Å²) in [6.07, 6.45) is 5.60. The van der Waals surface area contributed by atoms with Gasteiger partial charge in [-0.25, -0.2) is 5.10 Å². The molecule has 5 heteroatoms. The first kappa shape index (κ1) is 16.1. The highest BCUT2D eigenvalue weighted by atomic mass is 35.5. The van der Waals surface area contributed by atoms with E-state index >= 15 is 0 Å². The Hall–Kier alpha value is -1.32. The Kier molecular flexibility index (Phi) is 5.83. The van der Waals surface area contributed by atoms with Gasteiger partial charge in [0, 0.05) is 21.7 Å². The zero-order chi connectivity index (χ0) is 15.2. The van der Waals surface area contributed by atoms with E-state index in [1.54, 1.807) is 6.07 Å². The highest BCUT2D eigenvalue weighted by molar-refractivity contribution is 6.36. The molecule has 0 amide bonds. The molecule has 0 unspecified atom stereocenters. The number of benzene rings is 1. The van der Waals surface area contributed by atoms with Crippen LogP contribution in [0.5, 0.6) is 0 Å². The maximum absolute atomic E-state index is 11.0. The van der Waals surface area contributed by atoms with Crippen LogP contribution in [0.15, 0.2) is 29.1 Å². The number of aromatic amines is 1. The van der Waals surface area contributed by atoms with Crippen LogP contribution < -0.4 is 5.56 Å². The molecule has 0 aliphatic carbocycles. The van der Waals surface area contributed by atoms with Gasteiger partial charge in [0.2, 0.25) is 0 Å². The predicted octanol–water partition coefficient (Wildman–Crippen LogP) is 4.87. The molecule has 0 fully saturated rings. The summed E-state index contributed by atoms with van der Waals surface area (Å²) in [6, 6.07) is 6.79. The summed E-state index contributed by atoms with van der Waals surface area (Å²) in [5, 5.41) is 7.71. The molecule has 0 aliphatic rings. The van der Waals surface area contributed by atoms with Crippen molar-refractivity contribution in [2.45, 2.75) is 39.0 Å². The van der Waals surface area contributed by atoms with Gasteiger partial charge in [-0.2, -0.15) is 5.10 Å². The van der Waals surface area contributed by atoms with Crippen molar-refractivity contribution in [3.63, 3.8) is 0 Å². The Labute approximate surface area is 134 Å². The van der Waals surface area contributed by atoms with Crippen LogP contribution in [0.25, 0.3) is 11.3 Å². The van der Waals surface area contributed by atoms with Crippen molar-refractivity contribution in [1.82, 2.24) is 10.2 Å². The van der Waals surface area contributed by atoms with Gasteiger partial charge in [-0.3, -0.25) is 4.79 Å². The second-order valence-electron chi connectivity index (χ2n) is 5.04. The molecule has 1 aromatic heterocycles. The third-order valence-electron chi connectivity index (χ3n) is 3.40. The molecule has 0 saturated heterocycles. The van der Waals surface area contributed by atoms with Gasteiger partial charge in [0.1, 0.15) is 0 Å². The van der Waals surface area contributed by atoms with Crippen LogP contribution in [0.3, 0.4) is 0 Å². The second-order valence-corrected chi connectivity index (χ2v) is 5.85. The topological polar surface area (TPSA) is 45.8 Å². The van der Waals surface area contributed by atoms with Crippen molar-refractivity contribution in [1.29, 1.82) is 0 Å². The van der Waals surface area contributed by atoms with E-state index in [0.717, 1.165) is 24.0 Å². The molecule has 0 aliphatic heterocycles. The summed E-state index contributed by atoms with van der Waals surface area (Å²) >= 11 is 12.7. The summed E-state index contributed by atoms with van der Waals surface area (Å²) in [7, 11) is 0. The van der Waals surface area contributed by atoms with Gasteiger partial charge < -0.3 is 0 Å². The average Bonchev–Trinajstić information content (AvgIpc) is 2.46. The predicted molar refractivity (Wildman–Crippen MR) is 88.2 cm³/mol. The lowest BCUT2D eigenvalue weighted by Gasteiger charge is -2.09. The van der Waals surface area contributed by atoms with E-state index in [-0.39, 0.29) is 5.56 Å². The van der Waals surface area contributed by atoms with Crippen molar-refractivity contribution >= 4 is 23.2 Å². The van der Waals surface area contributed by atoms with Gasteiger partial charge in [-0.1, -0.05) is 49.4 Å². The van der Waals surface area contributed by atoms with E-state index < -0.39 is 0 Å². The van der Waals surface area contributed by atoms with Crippen LogP contribution in [0.1, 0.15) is 38.2 Å². The van der Waals surface area contributed by atoms with E-state index in [9.17, 15) is 4.79 Å². The number of H-pyrrole nitrogens is 1. The Bertz CT molecular complexity index is 624. The van der Waals surface area contributed by atoms with Crippen LogP contribution in [-0.4, -0.2) is 10.2 Å². The number of unbranched alkanes of at least 4 members (excludes halogenated alkanes) is 3. The van der Waals surface area contributed by atoms with Crippen molar-refractivity contribution in [2.24, 2.45) is 0 Å². The molecule has 0 radical (unpaired) electrons. The lowest BCUT2D eigenvalue weighted by Crippen LogP contribution is -2.05. The third-order valence-corrected chi connectivity index (χ3v) is 4.07. The highest BCUT2D eigenvalue weighted by Crippen LogP contribution is 2.31. The summed E-state index contributed by atoms with van der Waals surface area (Å²) in [5.74, 6) is 0. The molecule has 0 atom stereocenters. The van der Waals surface area contributed by atoms with Gasteiger partial charge in [0.15, 0.2) is 0 Å². The molecule has 0 bridgehead atoms. The summed E-state index contributed by atoms with van der Waals surface area (Å²) in [4.78, 5) is 11.0. The molecule has 2 rings (SSSR count). The second kappa shape index (κ2) is 7.62. The van der Waals surface area contributed by atoms with E-state index in [4.69, 9.17) is 23.2 Å². The number of rotatable bonds is 6. The number of nitrogens with one attached hydrogen (secondary N) is 1. The van der Waals surface area contributed by atoms with Gasteiger partial charge in [-0.05, 0) is 36.6 Å². The summed E-state index contributed by atoms with van der Waals surface area (Å²) in [6.45, 7) is 2.19. The maximum Gasteiger partial charge on any atom is 0.264 e. The number of hydrogen-bond donors (Lipinski definition) is 1. The first-order valence-electron chi connectivity index (χ1n) is 7.16. The largest absolute Gasteiger partial charge is 0.268 e. The van der Waals surface area contributed by atoms with E-state index in [0.29, 0.717) is 15.7 Å². The molecule has 1 aromatic carbocycles. The average molecular weight is 325 g/mol. The van der Waals surface area contributed by atoms with E-state index in [2.05, 4.69) is 17.1 Å². The normalized spacial score (nSPS) is 10.8. The molecule has 0 spiro atoms. The van der Waals surface area contributed by atoms with Crippen LogP contribution in [0.2, 0.25) is 10.0 Å². The number of halogens is 2. The van der Waals surface area contributed by atoms with Crippen molar-refractivity contribution < 1.29 is 0 Å². The zero-order valence-electron chi connectivity index (χ0n) is 12.0. The molecule has 3 nitrogen and oxygen atoms in total. The van der Waals surface area contributed by atoms with Crippen LogP contribution in [-0.2, 0) is 6.42 Å². The molecule has 2 aromatic rings. The quantitative estimate of drug-likeness (QED) is 0.770. The first-order valence-corrected chi connectivity index (χ1v) is 7.91. The zero-order valence-corrected chi connectivity index (χ0v) is 13.5. The molecule has 0 saturated carbocycles. The Morgan fingerprint density at radius 1 is 1.10 bits per heavy atom. The summed E-state index contributed by atoms with van der Waals surface area (Å²) in [5.41, 5.74) is 2.21. The fourth-order valence-corrected chi connectivity index (χ4v) is 2.90. The Morgan fingerprint density at radius 2 is 1.81 bits per heavy atom. The SMILES string of the molecule is CCCCCCc1c(Cl)cc(-c2ccc(=O)[nH]n2)cc1Cl. The molecule has 1 heterocycles. The Balaban J connectivity index is 2.20. The fourth-order valence-electron chi connectivity index (χ4n) is 2.22. The van der Waals surface area contributed by atoms with Crippen LogP contribution in [0.4, 0.5) is 0 Å². The minimum atomic E-state index is -0.233. The molecule has 21 heavy (non-hydrogen) atoms. The van der Waals surface area contributed by atoms with Gasteiger partial charge in [-0.15, -0.1) is 0 Å². The minimum absolute atomic E-state index is 0.233. The van der Waals surface area contributed by atoms with Gasteiger partial charge in [0.05, 0.1) is 5.69 Å². The number of aromatic nitrogens is 2. The molecule has 112 valence electrons. The van der Waals surface area contributed by atoms with Crippen LogP contribution in [0, 0.1) is 0 Å². The van der Waals surface area contributed by atoms with Crippen LogP contribution >= 0.6 is 23.2 Å². The smallest absolute Gasteiger partial charge is 0.264 e. The number of hydrogen-bond acceptors (Lipinski definition) is 2. The summed E-state index contributed by atoms with van der Waals surface area (Å²) < 4.78 is 0.